The Bertz CT molecular complexity index is 842. The summed E-state index contributed by atoms with van der Waals surface area (Å²) in [7, 11) is -0.995. The summed E-state index contributed by atoms with van der Waals surface area (Å²) in [4.78, 5) is 12.1. The molecule has 36 heavy (non-hydrogen) atoms. The van der Waals surface area contributed by atoms with Crippen molar-refractivity contribution in [3.05, 3.63) is 36.4 Å². The normalized spacial score (nSPS) is 11.2. The third kappa shape index (κ3) is 10.1. The Hall–Kier alpha value is -2.66. The van der Waals surface area contributed by atoms with E-state index in [0.717, 1.165) is 47.9 Å². The zero-order chi connectivity index (χ0) is 26.0. The van der Waals surface area contributed by atoms with Gasteiger partial charge >= 0.3 is 6.03 Å². The topological polar surface area (TPSA) is 78.1 Å². The number of ether oxygens (including phenoxy) is 4. The van der Waals surface area contributed by atoms with Crippen LogP contribution in [0.25, 0.3) is 0 Å². The smallest absolute Gasteiger partial charge is 0.314 e. The predicted octanol–water partition coefficient (Wildman–Crippen LogP) is 2.49. The summed E-state index contributed by atoms with van der Waals surface area (Å²) in [5, 5.41) is 8.55. The summed E-state index contributed by atoms with van der Waals surface area (Å²) < 4.78 is 23.2. The van der Waals surface area contributed by atoms with Crippen molar-refractivity contribution >= 4 is 35.4 Å². The lowest BCUT2D eigenvalue weighted by molar-refractivity contribution is 0.241. The largest absolute Gasteiger partial charge is 0.490 e. The molecule has 0 aliphatic heterocycles. The second-order valence-electron chi connectivity index (χ2n) is 8.32. The fraction of sp³-hybridized carbons (Fsp3) is 0.519. The molecule has 2 aromatic rings. The number of para-hydroxylation sites is 2. The third-order valence-electron chi connectivity index (χ3n) is 5.61. The van der Waals surface area contributed by atoms with Gasteiger partial charge in [-0.1, -0.05) is 36.4 Å². The standard InChI is InChI=1S/C27H44N2O5Si2/c1-5-31-21-13-9-15-23(25(21)33-7-3)35-19-11-17-28-27(30)29-18-12-20-36-24-16-10-14-22(32-6-2)26(24)34-8-4/h9-10,13-16H,5-8,11-12,17-20,35-36H2,1-4H3,(H2,28,29,30). The maximum absolute atomic E-state index is 12.1. The Kier molecular flexibility index (Phi) is 14.6. The van der Waals surface area contributed by atoms with Gasteiger partial charge in [0.25, 0.3) is 0 Å². The average molecular weight is 533 g/mol. The first-order valence-corrected chi connectivity index (χ1v) is 16.8. The van der Waals surface area contributed by atoms with E-state index in [9.17, 15) is 4.79 Å². The van der Waals surface area contributed by atoms with E-state index in [0.29, 0.717) is 39.5 Å². The first kappa shape index (κ1) is 29.6. The molecule has 0 spiro atoms. The summed E-state index contributed by atoms with van der Waals surface area (Å²) in [6.07, 6.45) is 1.93. The van der Waals surface area contributed by atoms with Crippen LogP contribution in [0, 0.1) is 0 Å². The summed E-state index contributed by atoms with van der Waals surface area (Å²) >= 11 is 0. The van der Waals surface area contributed by atoms with E-state index in [4.69, 9.17) is 18.9 Å². The first-order valence-electron chi connectivity index (χ1n) is 13.4. The van der Waals surface area contributed by atoms with Crippen molar-refractivity contribution in [2.45, 2.75) is 52.6 Å². The van der Waals surface area contributed by atoms with E-state index in [1.165, 1.54) is 10.4 Å². The van der Waals surface area contributed by atoms with Crippen molar-refractivity contribution in [3.8, 4) is 23.0 Å². The lowest BCUT2D eigenvalue weighted by atomic mass is 10.3. The maximum Gasteiger partial charge on any atom is 0.314 e. The molecule has 0 unspecified atom stereocenters. The minimum absolute atomic E-state index is 0.0833. The molecule has 0 saturated carbocycles. The van der Waals surface area contributed by atoms with Crippen LogP contribution in [0.15, 0.2) is 36.4 Å². The average Bonchev–Trinajstić information content (AvgIpc) is 2.87. The fourth-order valence-corrected chi connectivity index (χ4v) is 7.39. The Balaban J connectivity index is 1.64. The Morgan fingerprint density at radius 2 is 1.08 bits per heavy atom. The molecule has 200 valence electrons. The van der Waals surface area contributed by atoms with E-state index < -0.39 is 19.0 Å². The lowest BCUT2D eigenvalue weighted by Crippen LogP contribution is -2.36. The number of carbonyl (C=O) groups is 1. The van der Waals surface area contributed by atoms with Crippen LogP contribution >= 0.6 is 0 Å². The van der Waals surface area contributed by atoms with E-state index >= 15 is 0 Å². The number of nitrogens with one attached hydrogen (secondary N) is 2. The highest BCUT2D eigenvalue weighted by molar-refractivity contribution is 6.55. The number of carbonyl (C=O) groups excluding carboxylic acids is 1. The molecule has 0 atom stereocenters. The van der Waals surface area contributed by atoms with Gasteiger partial charge in [0, 0.05) is 13.1 Å². The molecule has 0 fully saturated rings. The molecule has 2 amide bonds. The molecule has 0 heterocycles. The molecule has 0 aliphatic rings. The van der Waals surface area contributed by atoms with Crippen LogP contribution in [0.2, 0.25) is 12.1 Å². The molecule has 0 saturated heterocycles. The Morgan fingerprint density at radius 3 is 1.47 bits per heavy atom. The van der Waals surface area contributed by atoms with Gasteiger partial charge in [-0.05, 0) is 63.0 Å². The number of rotatable bonds is 18. The number of hydrogen-bond acceptors (Lipinski definition) is 5. The number of amides is 2. The molecule has 2 aromatic carbocycles. The van der Waals surface area contributed by atoms with Crippen LogP contribution in [-0.2, 0) is 0 Å². The minimum atomic E-state index is -0.498. The Labute approximate surface area is 221 Å². The van der Waals surface area contributed by atoms with Gasteiger partial charge in [0.05, 0.1) is 45.5 Å². The van der Waals surface area contributed by atoms with Gasteiger partial charge in [0.2, 0.25) is 0 Å². The van der Waals surface area contributed by atoms with Crippen LogP contribution in [0.5, 0.6) is 23.0 Å². The van der Waals surface area contributed by atoms with Crippen LogP contribution in [0.3, 0.4) is 0 Å². The summed E-state index contributed by atoms with van der Waals surface area (Å²) in [5.41, 5.74) is 0. The highest BCUT2D eigenvalue weighted by Gasteiger charge is 2.12. The quantitative estimate of drug-likeness (QED) is 0.228. The van der Waals surface area contributed by atoms with Crippen molar-refractivity contribution < 1.29 is 23.7 Å². The first-order chi connectivity index (χ1) is 17.6. The van der Waals surface area contributed by atoms with E-state index in [-0.39, 0.29) is 6.03 Å². The predicted molar refractivity (Wildman–Crippen MR) is 154 cm³/mol. The lowest BCUT2D eigenvalue weighted by Gasteiger charge is -2.15. The van der Waals surface area contributed by atoms with Crippen molar-refractivity contribution in [1.29, 1.82) is 0 Å². The molecular formula is C27H44N2O5Si2. The van der Waals surface area contributed by atoms with Crippen molar-refractivity contribution in [1.82, 2.24) is 10.6 Å². The van der Waals surface area contributed by atoms with Gasteiger partial charge < -0.3 is 29.6 Å². The molecule has 0 radical (unpaired) electrons. The van der Waals surface area contributed by atoms with Gasteiger partial charge in [0.1, 0.15) is 0 Å². The monoisotopic (exact) mass is 532 g/mol. The molecule has 7 nitrogen and oxygen atoms in total. The van der Waals surface area contributed by atoms with Gasteiger partial charge in [-0.15, -0.1) is 0 Å². The van der Waals surface area contributed by atoms with Crippen LogP contribution in [-0.4, -0.2) is 64.6 Å². The zero-order valence-corrected chi connectivity index (χ0v) is 25.3. The molecular weight excluding hydrogens is 488 g/mol. The van der Waals surface area contributed by atoms with Gasteiger partial charge in [-0.2, -0.15) is 0 Å². The fourth-order valence-electron chi connectivity index (χ4n) is 4.02. The highest BCUT2D eigenvalue weighted by atomic mass is 28.2. The molecule has 0 bridgehead atoms. The van der Waals surface area contributed by atoms with Crippen molar-refractivity contribution in [2.75, 3.05) is 39.5 Å². The van der Waals surface area contributed by atoms with E-state index in [2.05, 4.69) is 22.8 Å². The number of benzene rings is 2. The Morgan fingerprint density at radius 1 is 0.667 bits per heavy atom. The SMILES string of the molecule is CCOc1cccc([SiH2]CCCNC(=O)NCCC[SiH2]c2cccc(OCC)c2OCC)c1OCC. The van der Waals surface area contributed by atoms with Gasteiger partial charge in [-0.25, -0.2) is 4.79 Å². The van der Waals surface area contributed by atoms with E-state index in [1.54, 1.807) is 0 Å². The molecule has 2 rings (SSSR count). The summed E-state index contributed by atoms with van der Waals surface area (Å²) in [6, 6.07) is 14.4. The third-order valence-corrected chi connectivity index (χ3v) is 9.51. The van der Waals surface area contributed by atoms with Gasteiger partial charge in [-0.3, -0.25) is 0 Å². The zero-order valence-electron chi connectivity index (χ0n) is 22.5. The van der Waals surface area contributed by atoms with E-state index in [1.807, 2.05) is 52.0 Å². The summed E-state index contributed by atoms with van der Waals surface area (Å²) in [5.74, 6) is 3.48. The number of hydrogen-bond donors (Lipinski definition) is 2. The van der Waals surface area contributed by atoms with Crippen LogP contribution in [0.1, 0.15) is 40.5 Å². The second kappa shape index (κ2) is 17.7. The van der Waals surface area contributed by atoms with Gasteiger partial charge in [0.15, 0.2) is 23.0 Å². The summed E-state index contributed by atoms with van der Waals surface area (Å²) in [6.45, 7) is 11.8. The van der Waals surface area contributed by atoms with Crippen molar-refractivity contribution in [2.24, 2.45) is 0 Å². The van der Waals surface area contributed by atoms with Crippen LogP contribution in [0.4, 0.5) is 4.79 Å². The molecule has 9 heteroatoms. The van der Waals surface area contributed by atoms with Crippen molar-refractivity contribution in [3.63, 3.8) is 0 Å². The number of urea groups is 1. The minimum Gasteiger partial charge on any atom is -0.490 e. The molecule has 0 aromatic heterocycles. The van der Waals surface area contributed by atoms with Crippen LogP contribution < -0.4 is 40.0 Å². The molecule has 0 aliphatic carbocycles. The second-order valence-corrected chi connectivity index (χ2v) is 12.3. The highest BCUT2D eigenvalue weighted by Crippen LogP contribution is 2.25. The maximum atomic E-state index is 12.1. The molecule has 2 N–H and O–H groups in total.